The third kappa shape index (κ3) is 26.8. The van der Waals surface area contributed by atoms with Crippen LogP contribution >= 0.6 is 0 Å². The number of hydrogen-bond acceptors (Lipinski definition) is 7. The van der Waals surface area contributed by atoms with E-state index in [9.17, 15) is 4.79 Å². The van der Waals surface area contributed by atoms with Crippen LogP contribution in [-0.4, -0.2) is 70.7 Å². The normalized spacial score (nSPS) is 12.1. The molecule has 0 radical (unpaired) electrons. The molecule has 0 unspecified atom stereocenters. The first-order valence-electron chi connectivity index (χ1n) is 20.3. The first kappa shape index (κ1) is 47.0. The summed E-state index contributed by atoms with van der Waals surface area (Å²) in [6.07, 6.45) is 25.9. The molecule has 2 N–H and O–H groups in total. The zero-order valence-corrected chi connectivity index (χ0v) is 32.6. The number of urea groups is 1. The Morgan fingerprint density at radius 3 is 0.792 bits per heavy atom. The van der Waals surface area contributed by atoms with Gasteiger partial charge >= 0.3 is 6.03 Å². The average molecular weight is 689 g/mol. The molecule has 0 aliphatic heterocycles. The molecule has 0 atom stereocenters. The molecule has 0 aliphatic carbocycles. The van der Waals surface area contributed by atoms with Crippen molar-refractivity contribution in [3.8, 4) is 0 Å². The van der Waals surface area contributed by atoms with Crippen molar-refractivity contribution in [1.82, 2.24) is 10.6 Å². The van der Waals surface area contributed by atoms with E-state index in [1.165, 1.54) is 103 Å². The Bertz CT molecular complexity index is 595. The zero-order chi connectivity index (χ0) is 35.4. The highest BCUT2D eigenvalue weighted by Gasteiger charge is 2.32. The van der Waals surface area contributed by atoms with Gasteiger partial charge in [0.25, 0.3) is 11.9 Å². The van der Waals surface area contributed by atoms with Crippen LogP contribution in [0.2, 0.25) is 0 Å². The van der Waals surface area contributed by atoms with Crippen molar-refractivity contribution in [2.24, 2.45) is 0 Å². The summed E-state index contributed by atoms with van der Waals surface area (Å²) < 4.78 is 34.9. The van der Waals surface area contributed by atoms with Gasteiger partial charge in [0.05, 0.1) is 0 Å². The van der Waals surface area contributed by atoms with Crippen LogP contribution in [0.4, 0.5) is 4.79 Å². The zero-order valence-electron chi connectivity index (χ0n) is 32.6. The maximum atomic E-state index is 12.0. The molecule has 2 amide bonds. The molecule has 0 aliphatic rings. The van der Waals surface area contributed by atoms with Gasteiger partial charge in [0.1, 0.15) is 0 Å². The van der Waals surface area contributed by atoms with Crippen LogP contribution in [-0.2, 0) is 28.4 Å². The molecule has 0 saturated heterocycles. The monoisotopic (exact) mass is 689 g/mol. The maximum Gasteiger partial charge on any atom is 0.314 e. The van der Waals surface area contributed by atoms with Crippen LogP contribution in [0.15, 0.2) is 0 Å². The Balaban J connectivity index is 3.52. The number of carbonyl (C=O) groups is 1. The van der Waals surface area contributed by atoms with Crippen molar-refractivity contribution in [2.75, 3.05) is 52.7 Å². The van der Waals surface area contributed by atoms with E-state index in [2.05, 4.69) is 10.6 Å². The van der Waals surface area contributed by atoms with Gasteiger partial charge in [-0.3, -0.25) is 0 Å². The minimum Gasteiger partial charge on any atom is -0.338 e. The molecule has 0 aromatic carbocycles. The molecule has 48 heavy (non-hydrogen) atoms. The molecular weight excluding hydrogens is 608 g/mol. The van der Waals surface area contributed by atoms with Gasteiger partial charge in [-0.1, -0.05) is 103 Å². The van der Waals surface area contributed by atoms with Gasteiger partial charge in [0.2, 0.25) is 0 Å². The fraction of sp³-hybridized carbons (Fsp3) is 0.974. The minimum atomic E-state index is -0.857. The largest absolute Gasteiger partial charge is 0.338 e. The molecule has 0 fully saturated rings. The van der Waals surface area contributed by atoms with E-state index < -0.39 is 11.9 Å². The molecular formula is C39H80N2O7. The highest BCUT2D eigenvalue weighted by molar-refractivity contribution is 5.73. The molecule has 9 heteroatoms. The number of hydrogen-bond donors (Lipinski definition) is 2. The van der Waals surface area contributed by atoms with Gasteiger partial charge in [0, 0.05) is 65.6 Å². The second-order valence-corrected chi connectivity index (χ2v) is 12.7. The predicted molar refractivity (Wildman–Crippen MR) is 198 cm³/mol. The molecule has 0 rings (SSSR count). The van der Waals surface area contributed by atoms with Crippen molar-refractivity contribution in [3.05, 3.63) is 0 Å². The van der Waals surface area contributed by atoms with Gasteiger partial charge in [-0.15, -0.1) is 0 Å². The first-order chi connectivity index (χ1) is 23.5. The van der Waals surface area contributed by atoms with E-state index in [0.717, 1.165) is 51.6 Å². The molecule has 9 nitrogen and oxygen atoms in total. The van der Waals surface area contributed by atoms with Gasteiger partial charge in [-0.05, 0) is 67.2 Å². The predicted octanol–water partition coefficient (Wildman–Crippen LogP) is 10.4. The van der Waals surface area contributed by atoms with Crippen LogP contribution in [0.1, 0.15) is 183 Å². The molecule has 0 saturated carbocycles. The Morgan fingerprint density at radius 2 is 0.562 bits per heavy atom. The van der Waals surface area contributed by atoms with Crippen molar-refractivity contribution in [3.63, 3.8) is 0 Å². The van der Waals surface area contributed by atoms with Crippen LogP contribution in [0, 0.1) is 0 Å². The molecule has 0 heterocycles. The molecule has 0 aromatic rings. The van der Waals surface area contributed by atoms with Gasteiger partial charge in [-0.2, -0.15) is 0 Å². The third-order valence-corrected chi connectivity index (χ3v) is 8.58. The Hall–Kier alpha value is -0.970. The number of carbonyl (C=O) groups excluding carboxylic acids is 1. The van der Waals surface area contributed by atoms with Gasteiger partial charge in [-0.25, -0.2) is 4.79 Å². The standard InChI is InChI=1S/C39H80N2O7/c1-7-43-38(44-8-2,45-9-3)33-29-25-21-17-13-15-19-23-27-31-35-40-37(42)41-36-32-28-24-20-16-14-18-22-26-30-34-39(46-10-4,47-11-5)48-12-6/h7-36H2,1-6H3,(H2,40,41,42). The van der Waals surface area contributed by atoms with Crippen LogP contribution in [0.25, 0.3) is 0 Å². The molecule has 0 spiro atoms. The van der Waals surface area contributed by atoms with Gasteiger partial charge in [0.15, 0.2) is 0 Å². The fourth-order valence-corrected chi connectivity index (χ4v) is 6.23. The lowest BCUT2D eigenvalue weighted by atomic mass is 10.1. The highest BCUT2D eigenvalue weighted by Crippen LogP contribution is 2.25. The summed E-state index contributed by atoms with van der Waals surface area (Å²) in [5.41, 5.74) is 0. The summed E-state index contributed by atoms with van der Waals surface area (Å²) >= 11 is 0. The summed E-state index contributed by atoms with van der Waals surface area (Å²) in [7, 11) is 0. The molecule has 288 valence electrons. The summed E-state index contributed by atoms with van der Waals surface area (Å²) in [4.78, 5) is 12.0. The van der Waals surface area contributed by atoms with Crippen molar-refractivity contribution in [1.29, 1.82) is 0 Å². The smallest absolute Gasteiger partial charge is 0.314 e. The van der Waals surface area contributed by atoms with E-state index in [1.807, 2.05) is 41.5 Å². The van der Waals surface area contributed by atoms with Crippen molar-refractivity contribution in [2.45, 2.75) is 195 Å². The van der Waals surface area contributed by atoms with E-state index in [-0.39, 0.29) is 6.03 Å². The van der Waals surface area contributed by atoms with Crippen molar-refractivity contribution >= 4 is 6.03 Å². The lowest BCUT2D eigenvalue weighted by Gasteiger charge is -2.32. The van der Waals surface area contributed by atoms with Crippen LogP contribution < -0.4 is 10.6 Å². The summed E-state index contributed by atoms with van der Waals surface area (Å²) in [5.74, 6) is -1.71. The number of nitrogens with one attached hydrogen (secondary N) is 2. The van der Waals surface area contributed by atoms with E-state index in [1.54, 1.807) is 0 Å². The average Bonchev–Trinajstić information content (AvgIpc) is 3.06. The Kier molecular flexibility index (Phi) is 33.8. The lowest BCUT2D eigenvalue weighted by molar-refractivity contribution is -0.380. The second-order valence-electron chi connectivity index (χ2n) is 12.7. The van der Waals surface area contributed by atoms with Crippen molar-refractivity contribution < 1.29 is 33.2 Å². The Morgan fingerprint density at radius 1 is 0.354 bits per heavy atom. The summed E-state index contributed by atoms with van der Waals surface area (Å²) in [6, 6.07) is -0.0166. The quantitative estimate of drug-likeness (QED) is 0.0492. The Labute approximate surface area is 297 Å². The summed E-state index contributed by atoms with van der Waals surface area (Å²) in [6.45, 7) is 17.0. The topological polar surface area (TPSA) is 96.5 Å². The van der Waals surface area contributed by atoms with Gasteiger partial charge < -0.3 is 39.1 Å². The third-order valence-electron chi connectivity index (χ3n) is 8.58. The molecule has 0 bridgehead atoms. The number of amides is 2. The summed E-state index contributed by atoms with van der Waals surface area (Å²) in [5, 5.41) is 6.03. The van der Waals surface area contributed by atoms with E-state index >= 15 is 0 Å². The first-order valence-corrected chi connectivity index (χ1v) is 20.3. The lowest BCUT2D eigenvalue weighted by Crippen LogP contribution is -2.39. The second kappa shape index (κ2) is 34.5. The van der Waals surface area contributed by atoms with E-state index in [0.29, 0.717) is 39.6 Å². The number of rotatable bonds is 38. The maximum absolute atomic E-state index is 12.0. The SMILES string of the molecule is CCOC(CCCCCCCCCCCCNC(=O)NCCCCCCCCCCCCC(OCC)(OCC)OCC)(OCC)OCC. The van der Waals surface area contributed by atoms with E-state index in [4.69, 9.17) is 28.4 Å². The van der Waals surface area contributed by atoms with Crippen LogP contribution in [0.3, 0.4) is 0 Å². The minimum absolute atomic E-state index is 0.0166. The van der Waals surface area contributed by atoms with Crippen LogP contribution in [0.5, 0.6) is 0 Å². The highest BCUT2D eigenvalue weighted by atomic mass is 16.9. The molecule has 0 aromatic heterocycles. The number of unbranched alkanes of at least 4 members (excludes halogenated alkanes) is 18. The number of ether oxygens (including phenoxy) is 6. The fourth-order valence-electron chi connectivity index (χ4n) is 6.23.